The van der Waals surface area contributed by atoms with Crippen molar-refractivity contribution in [2.75, 3.05) is 6.61 Å². The van der Waals surface area contributed by atoms with Crippen LogP contribution in [0, 0.1) is 0 Å². The Bertz CT molecular complexity index is 173. The first kappa shape index (κ1) is 12.0. The van der Waals surface area contributed by atoms with E-state index >= 15 is 0 Å². The van der Waals surface area contributed by atoms with E-state index in [4.69, 9.17) is 14.0 Å². The van der Waals surface area contributed by atoms with Crippen LogP contribution >= 0.6 is 0 Å². The summed E-state index contributed by atoms with van der Waals surface area (Å²) in [6.45, 7) is 9.05. The molecule has 1 aliphatic heterocycles. The third-order valence-corrected chi connectivity index (χ3v) is 2.29. The maximum absolute atomic E-state index is 5.65. The van der Waals surface area contributed by atoms with Crippen LogP contribution in [0.4, 0.5) is 0 Å². The maximum Gasteiger partial charge on any atom is 0.640 e. The Labute approximate surface area is 87.3 Å². The van der Waals surface area contributed by atoms with Gasteiger partial charge in [-0.25, -0.2) is 0 Å². The van der Waals surface area contributed by atoms with Crippen LogP contribution in [0.2, 0.25) is 0 Å². The Hall–Kier alpha value is -0.0551. The molecule has 1 fully saturated rings. The van der Waals surface area contributed by atoms with Gasteiger partial charge in [0.2, 0.25) is 0 Å². The molecule has 1 rings (SSSR count). The predicted octanol–water partition coefficient (Wildman–Crippen LogP) is 2.39. The van der Waals surface area contributed by atoms with Gasteiger partial charge >= 0.3 is 7.32 Å². The van der Waals surface area contributed by atoms with Crippen LogP contribution < -0.4 is 0 Å². The molecule has 0 bridgehead atoms. The molecule has 0 aromatic rings. The lowest BCUT2D eigenvalue weighted by Gasteiger charge is -2.37. The van der Waals surface area contributed by atoms with E-state index in [9.17, 15) is 0 Å². The predicted molar refractivity (Wildman–Crippen MR) is 56.9 cm³/mol. The second-order valence-electron chi connectivity index (χ2n) is 4.54. The molecule has 0 amide bonds. The smallest absolute Gasteiger partial charge is 0.386 e. The highest BCUT2D eigenvalue weighted by atomic mass is 16.7. The zero-order chi connectivity index (χ0) is 10.6. The molecule has 0 aromatic heterocycles. The van der Waals surface area contributed by atoms with E-state index in [2.05, 4.69) is 27.7 Å². The van der Waals surface area contributed by atoms with E-state index in [-0.39, 0.29) is 11.7 Å². The molecule has 1 atom stereocenters. The first-order chi connectivity index (χ1) is 6.53. The lowest BCUT2D eigenvalue weighted by Crippen LogP contribution is -2.47. The summed E-state index contributed by atoms with van der Waals surface area (Å²) in [7, 11) is -0.472. The Balaban J connectivity index is 2.30. The number of hydrogen-bond acceptors (Lipinski definition) is 3. The summed E-state index contributed by atoms with van der Waals surface area (Å²) in [6, 6.07) is 0. The molecule has 0 radical (unpaired) electrons. The van der Waals surface area contributed by atoms with Crippen molar-refractivity contribution in [2.45, 2.75) is 58.7 Å². The van der Waals surface area contributed by atoms with Crippen molar-refractivity contribution < 1.29 is 14.0 Å². The number of unbranched alkanes of at least 4 members (excludes halogenated alkanes) is 1. The van der Waals surface area contributed by atoms with E-state index in [0.717, 1.165) is 19.3 Å². The standard InChI is InChI=1S/C10H21BO3/c1-5-6-7-12-11-13-9(2)8-10(3,4)14-11/h9H,5-8H2,1-4H3/t9-/m0/s1. The fraction of sp³-hybridized carbons (Fsp3) is 1.00. The molecule has 0 aliphatic carbocycles. The van der Waals surface area contributed by atoms with Crippen molar-refractivity contribution >= 4 is 7.32 Å². The van der Waals surface area contributed by atoms with Gasteiger partial charge in [-0.1, -0.05) is 13.3 Å². The Morgan fingerprint density at radius 2 is 2.21 bits per heavy atom. The Kier molecular flexibility index (Phi) is 4.42. The molecule has 0 saturated carbocycles. The first-order valence-electron chi connectivity index (χ1n) is 5.48. The van der Waals surface area contributed by atoms with Crippen LogP contribution in [0.15, 0.2) is 0 Å². The van der Waals surface area contributed by atoms with Gasteiger partial charge in [-0.2, -0.15) is 0 Å². The monoisotopic (exact) mass is 200 g/mol. The van der Waals surface area contributed by atoms with Crippen molar-refractivity contribution in [3.05, 3.63) is 0 Å². The average Bonchev–Trinajstić information content (AvgIpc) is 2.00. The minimum atomic E-state index is -0.472. The lowest BCUT2D eigenvalue weighted by molar-refractivity contribution is -0.0690. The van der Waals surface area contributed by atoms with Gasteiger partial charge in [0.1, 0.15) is 0 Å². The molecule has 1 aliphatic rings. The van der Waals surface area contributed by atoms with Gasteiger partial charge < -0.3 is 14.0 Å². The largest absolute Gasteiger partial charge is 0.640 e. The second-order valence-corrected chi connectivity index (χ2v) is 4.54. The molecule has 0 N–H and O–H groups in total. The van der Waals surface area contributed by atoms with Crippen molar-refractivity contribution in [1.82, 2.24) is 0 Å². The molecule has 0 unspecified atom stereocenters. The van der Waals surface area contributed by atoms with E-state index in [1.807, 2.05) is 0 Å². The fourth-order valence-corrected chi connectivity index (χ4v) is 1.66. The van der Waals surface area contributed by atoms with Crippen LogP contribution in [0.3, 0.4) is 0 Å². The normalized spacial score (nSPS) is 26.6. The summed E-state index contributed by atoms with van der Waals surface area (Å²) in [4.78, 5) is 0. The zero-order valence-corrected chi connectivity index (χ0v) is 9.71. The average molecular weight is 200 g/mol. The Morgan fingerprint density at radius 1 is 1.50 bits per heavy atom. The van der Waals surface area contributed by atoms with Gasteiger partial charge in [-0.3, -0.25) is 0 Å². The fourth-order valence-electron chi connectivity index (χ4n) is 1.66. The minimum Gasteiger partial charge on any atom is -0.386 e. The Morgan fingerprint density at radius 3 is 2.79 bits per heavy atom. The summed E-state index contributed by atoms with van der Waals surface area (Å²) in [6.07, 6.45) is 3.31. The third-order valence-electron chi connectivity index (χ3n) is 2.29. The molecule has 4 heteroatoms. The molecular weight excluding hydrogens is 179 g/mol. The molecule has 0 aromatic carbocycles. The minimum absolute atomic E-state index is 0.130. The van der Waals surface area contributed by atoms with E-state index < -0.39 is 7.32 Å². The molecule has 82 valence electrons. The molecule has 0 spiro atoms. The highest BCUT2D eigenvalue weighted by molar-refractivity contribution is 6.36. The molecule has 3 nitrogen and oxygen atoms in total. The van der Waals surface area contributed by atoms with E-state index in [1.54, 1.807) is 0 Å². The highest BCUT2D eigenvalue weighted by Crippen LogP contribution is 2.25. The van der Waals surface area contributed by atoms with Gasteiger partial charge in [0.15, 0.2) is 0 Å². The van der Waals surface area contributed by atoms with Crippen molar-refractivity contribution in [1.29, 1.82) is 0 Å². The molecular formula is C10H21BO3. The van der Waals surface area contributed by atoms with Gasteiger partial charge in [0.05, 0.1) is 5.60 Å². The van der Waals surface area contributed by atoms with Crippen LogP contribution in [-0.4, -0.2) is 25.6 Å². The van der Waals surface area contributed by atoms with Gasteiger partial charge in [0.25, 0.3) is 0 Å². The van der Waals surface area contributed by atoms with E-state index in [0.29, 0.717) is 6.61 Å². The van der Waals surface area contributed by atoms with Crippen LogP contribution in [0.1, 0.15) is 47.0 Å². The summed E-state index contributed by atoms with van der Waals surface area (Å²) < 4.78 is 16.7. The van der Waals surface area contributed by atoms with Crippen molar-refractivity contribution in [2.24, 2.45) is 0 Å². The quantitative estimate of drug-likeness (QED) is 0.515. The first-order valence-corrected chi connectivity index (χ1v) is 5.48. The summed E-state index contributed by atoms with van der Waals surface area (Å²) in [5, 5.41) is 0. The van der Waals surface area contributed by atoms with Crippen LogP contribution in [0.5, 0.6) is 0 Å². The van der Waals surface area contributed by atoms with Crippen molar-refractivity contribution in [3.8, 4) is 0 Å². The van der Waals surface area contributed by atoms with Crippen LogP contribution in [0.25, 0.3) is 0 Å². The number of rotatable bonds is 4. The molecule has 1 saturated heterocycles. The molecule has 14 heavy (non-hydrogen) atoms. The summed E-state index contributed by atoms with van der Waals surface area (Å²) in [5.41, 5.74) is -0.130. The number of hydrogen-bond donors (Lipinski definition) is 0. The SMILES string of the molecule is CCCCOB1O[C@@H](C)CC(C)(C)O1. The van der Waals surface area contributed by atoms with E-state index in [1.165, 1.54) is 0 Å². The van der Waals surface area contributed by atoms with Crippen LogP contribution in [-0.2, 0) is 14.0 Å². The summed E-state index contributed by atoms with van der Waals surface area (Å²) >= 11 is 0. The second kappa shape index (κ2) is 5.15. The highest BCUT2D eigenvalue weighted by Gasteiger charge is 2.38. The lowest BCUT2D eigenvalue weighted by atomic mass is 9.95. The maximum atomic E-state index is 5.65. The van der Waals surface area contributed by atoms with Gasteiger partial charge in [0, 0.05) is 12.7 Å². The van der Waals surface area contributed by atoms with Crippen molar-refractivity contribution in [3.63, 3.8) is 0 Å². The topological polar surface area (TPSA) is 27.7 Å². The molecule has 1 heterocycles. The summed E-state index contributed by atoms with van der Waals surface area (Å²) in [5.74, 6) is 0. The zero-order valence-electron chi connectivity index (χ0n) is 9.71. The van der Waals surface area contributed by atoms with Gasteiger partial charge in [-0.15, -0.1) is 0 Å². The third kappa shape index (κ3) is 3.99. The van der Waals surface area contributed by atoms with Gasteiger partial charge in [-0.05, 0) is 33.6 Å².